The van der Waals surface area contributed by atoms with Gasteiger partial charge in [-0.1, -0.05) is 12.8 Å². The second kappa shape index (κ2) is 6.01. The van der Waals surface area contributed by atoms with Gasteiger partial charge in [-0.2, -0.15) is 0 Å². The number of benzene rings is 1. The van der Waals surface area contributed by atoms with Crippen molar-refractivity contribution in [1.82, 2.24) is 0 Å². The van der Waals surface area contributed by atoms with Crippen molar-refractivity contribution in [3.8, 4) is 5.75 Å². The van der Waals surface area contributed by atoms with Crippen LogP contribution >= 0.6 is 10.7 Å². The second-order valence-corrected chi connectivity index (χ2v) is 7.31. The first-order chi connectivity index (χ1) is 9.41. The standard InChI is InChI=1S/C13H16ClNO4S/c1-19-11-7-6-10(8-12(11)20(14,17)18)15-13(16)9-4-2-3-5-9/h6-9H,2-5H2,1H3,(H,15,16). The molecular weight excluding hydrogens is 302 g/mol. The minimum Gasteiger partial charge on any atom is -0.495 e. The molecule has 5 nitrogen and oxygen atoms in total. The number of hydrogen-bond donors (Lipinski definition) is 1. The molecule has 20 heavy (non-hydrogen) atoms. The number of nitrogens with one attached hydrogen (secondary N) is 1. The summed E-state index contributed by atoms with van der Waals surface area (Å²) >= 11 is 0. The van der Waals surface area contributed by atoms with Gasteiger partial charge < -0.3 is 10.1 Å². The van der Waals surface area contributed by atoms with Crippen LogP contribution in [-0.2, 0) is 13.8 Å². The normalized spacial score (nSPS) is 16.1. The number of ether oxygens (including phenoxy) is 1. The van der Waals surface area contributed by atoms with E-state index in [1.54, 1.807) is 6.07 Å². The molecule has 1 aromatic rings. The largest absolute Gasteiger partial charge is 0.495 e. The average Bonchev–Trinajstić information content (AvgIpc) is 2.91. The van der Waals surface area contributed by atoms with Crippen LogP contribution in [0.25, 0.3) is 0 Å². The van der Waals surface area contributed by atoms with Gasteiger partial charge in [-0.05, 0) is 31.0 Å². The minimum atomic E-state index is -3.93. The van der Waals surface area contributed by atoms with E-state index in [2.05, 4.69) is 5.32 Å². The summed E-state index contributed by atoms with van der Waals surface area (Å²) in [7, 11) is 2.79. The molecule has 0 heterocycles. The fraction of sp³-hybridized carbons (Fsp3) is 0.462. The highest BCUT2D eigenvalue weighted by molar-refractivity contribution is 8.13. The van der Waals surface area contributed by atoms with E-state index in [-0.39, 0.29) is 22.5 Å². The lowest BCUT2D eigenvalue weighted by molar-refractivity contribution is -0.119. The van der Waals surface area contributed by atoms with Gasteiger partial charge in [0.25, 0.3) is 9.05 Å². The molecule has 0 saturated heterocycles. The number of amides is 1. The monoisotopic (exact) mass is 317 g/mol. The number of methoxy groups -OCH3 is 1. The highest BCUT2D eigenvalue weighted by atomic mass is 35.7. The van der Waals surface area contributed by atoms with Crippen LogP contribution in [0.5, 0.6) is 5.75 Å². The number of hydrogen-bond acceptors (Lipinski definition) is 4. The molecule has 0 radical (unpaired) electrons. The summed E-state index contributed by atoms with van der Waals surface area (Å²) in [4.78, 5) is 11.9. The topological polar surface area (TPSA) is 72.5 Å². The van der Waals surface area contributed by atoms with E-state index in [9.17, 15) is 13.2 Å². The van der Waals surface area contributed by atoms with Gasteiger partial charge in [0.15, 0.2) is 0 Å². The van der Waals surface area contributed by atoms with Crippen LogP contribution in [0.4, 0.5) is 5.69 Å². The predicted octanol–water partition coefficient (Wildman–Crippen LogP) is 2.75. The number of carbonyl (C=O) groups is 1. The Labute approximate surface area is 122 Å². The summed E-state index contributed by atoms with van der Waals surface area (Å²) in [6, 6.07) is 4.38. The van der Waals surface area contributed by atoms with Crippen LogP contribution in [-0.4, -0.2) is 21.4 Å². The molecule has 7 heteroatoms. The molecule has 0 aliphatic heterocycles. The van der Waals surface area contributed by atoms with Gasteiger partial charge in [0.1, 0.15) is 10.6 Å². The molecule has 1 amide bonds. The fourth-order valence-corrected chi connectivity index (χ4v) is 3.40. The maximum Gasteiger partial charge on any atom is 0.265 e. The van der Waals surface area contributed by atoms with E-state index in [0.29, 0.717) is 5.69 Å². The zero-order valence-corrected chi connectivity index (χ0v) is 12.6. The summed E-state index contributed by atoms with van der Waals surface area (Å²) in [5.74, 6) is 0.0811. The number of halogens is 1. The van der Waals surface area contributed by atoms with Gasteiger partial charge in [0.2, 0.25) is 5.91 Å². The molecule has 0 spiro atoms. The maximum absolute atomic E-state index is 12.0. The number of rotatable bonds is 4. The lowest BCUT2D eigenvalue weighted by Gasteiger charge is -2.12. The molecule has 2 rings (SSSR count). The SMILES string of the molecule is COc1ccc(NC(=O)C2CCCC2)cc1S(=O)(=O)Cl. The van der Waals surface area contributed by atoms with E-state index in [0.717, 1.165) is 25.7 Å². The van der Waals surface area contributed by atoms with Gasteiger partial charge >= 0.3 is 0 Å². The summed E-state index contributed by atoms with van der Waals surface area (Å²) < 4.78 is 27.9. The van der Waals surface area contributed by atoms with Crippen molar-refractivity contribution in [3.05, 3.63) is 18.2 Å². The van der Waals surface area contributed by atoms with Gasteiger partial charge in [-0.3, -0.25) is 4.79 Å². The Bertz CT molecular complexity index is 609. The van der Waals surface area contributed by atoms with Crippen molar-refractivity contribution >= 4 is 31.3 Å². The van der Waals surface area contributed by atoms with Gasteiger partial charge in [0.05, 0.1) is 7.11 Å². The summed E-state index contributed by atoms with van der Waals surface area (Å²) in [5, 5.41) is 2.73. The van der Waals surface area contributed by atoms with Gasteiger partial charge in [0, 0.05) is 22.3 Å². The average molecular weight is 318 g/mol. The molecule has 1 aliphatic rings. The lowest BCUT2D eigenvalue weighted by Crippen LogP contribution is -2.20. The molecule has 1 N–H and O–H groups in total. The van der Waals surface area contributed by atoms with Crippen molar-refractivity contribution in [2.45, 2.75) is 30.6 Å². The van der Waals surface area contributed by atoms with E-state index in [1.807, 2.05) is 0 Å². The first kappa shape index (κ1) is 15.1. The molecule has 0 bridgehead atoms. The van der Waals surface area contributed by atoms with Gasteiger partial charge in [-0.25, -0.2) is 8.42 Å². The zero-order valence-electron chi connectivity index (χ0n) is 11.1. The van der Waals surface area contributed by atoms with E-state index >= 15 is 0 Å². The summed E-state index contributed by atoms with van der Waals surface area (Å²) in [6.07, 6.45) is 3.87. The first-order valence-electron chi connectivity index (χ1n) is 6.35. The highest BCUT2D eigenvalue weighted by Gasteiger charge is 2.23. The lowest BCUT2D eigenvalue weighted by atomic mass is 10.1. The Balaban J connectivity index is 2.23. The third-order valence-electron chi connectivity index (χ3n) is 3.42. The van der Waals surface area contributed by atoms with Crippen LogP contribution in [0.1, 0.15) is 25.7 Å². The van der Waals surface area contributed by atoms with Crippen molar-refractivity contribution < 1.29 is 17.9 Å². The van der Waals surface area contributed by atoms with E-state index in [1.165, 1.54) is 19.2 Å². The van der Waals surface area contributed by atoms with Crippen LogP contribution < -0.4 is 10.1 Å². The molecular formula is C13H16ClNO4S. The van der Waals surface area contributed by atoms with Crippen molar-refractivity contribution in [3.63, 3.8) is 0 Å². The molecule has 1 aromatic carbocycles. The quantitative estimate of drug-likeness (QED) is 0.867. The number of carbonyl (C=O) groups excluding carboxylic acids is 1. The Morgan fingerprint density at radius 3 is 2.55 bits per heavy atom. The second-order valence-electron chi connectivity index (χ2n) is 4.77. The van der Waals surface area contributed by atoms with Crippen LogP contribution in [0.3, 0.4) is 0 Å². The molecule has 1 aliphatic carbocycles. The first-order valence-corrected chi connectivity index (χ1v) is 8.66. The van der Waals surface area contributed by atoms with Crippen LogP contribution in [0.2, 0.25) is 0 Å². The molecule has 0 aromatic heterocycles. The Morgan fingerprint density at radius 2 is 2.00 bits per heavy atom. The fourth-order valence-electron chi connectivity index (χ4n) is 2.38. The zero-order chi connectivity index (χ0) is 14.8. The Hall–Kier alpha value is -1.27. The third-order valence-corrected chi connectivity index (χ3v) is 4.76. The molecule has 1 fully saturated rings. The van der Waals surface area contributed by atoms with Gasteiger partial charge in [-0.15, -0.1) is 0 Å². The van der Waals surface area contributed by atoms with Crippen LogP contribution in [0, 0.1) is 5.92 Å². The third kappa shape index (κ3) is 3.43. The molecule has 0 atom stereocenters. The summed E-state index contributed by atoms with van der Waals surface area (Å²) in [6.45, 7) is 0. The predicted molar refractivity (Wildman–Crippen MR) is 76.6 cm³/mol. The molecule has 110 valence electrons. The maximum atomic E-state index is 12.0. The van der Waals surface area contributed by atoms with E-state index < -0.39 is 9.05 Å². The number of anilines is 1. The minimum absolute atomic E-state index is 0.00756. The van der Waals surface area contributed by atoms with E-state index in [4.69, 9.17) is 15.4 Å². The van der Waals surface area contributed by atoms with Crippen molar-refractivity contribution in [1.29, 1.82) is 0 Å². The molecule has 1 saturated carbocycles. The highest BCUT2D eigenvalue weighted by Crippen LogP contribution is 2.31. The molecule has 0 unspecified atom stereocenters. The van der Waals surface area contributed by atoms with Crippen molar-refractivity contribution in [2.75, 3.05) is 12.4 Å². The Morgan fingerprint density at radius 1 is 1.35 bits per heavy atom. The summed E-state index contributed by atoms with van der Waals surface area (Å²) in [5.41, 5.74) is 0.405. The smallest absolute Gasteiger partial charge is 0.265 e. The van der Waals surface area contributed by atoms with Crippen LogP contribution in [0.15, 0.2) is 23.1 Å². The Kier molecular flexibility index (Phi) is 4.55. The van der Waals surface area contributed by atoms with Crippen molar-refractivity contribution in [2.24, 2.45) is 5.92 Å².